The van der Waals surface area contributed by atoms with E-state index in [9.17, 15) is 28.4 Å². The van der Waals surface area contributed by atoms with E-state index in [1.54, 1.807) is 6.92 Å². The van der Waals surface area contributed by atoms with E-state index in [0.29, 0.717) is 19.4 Å². The number of hydrogen-bond donors (Lipinski definition) is 4. The van der Waals surface area contributed by atoms with Crippen LogP contribution in [0.3, 0.4) is 0 Å². The Morgan fingerprint density at radius 1 is 1.14 bits per heavy atom. The summed E-state index contributed by atoms with van der Waals surface area (Å²) < 4.78 is 14.0. The number of hydrogen-bond acceptors (Lipinski definition) is 5. The first-order valence-corrected chi connectivity index (χ1v) is 12.4. The van der Waals surface area contributed by atoms with Crippen molar-refractivity contribution in [2.24, 2.45) is 11.8 Å². The van der Waals surface area contributed by atoms with Crippen LogP contribution < -0.4 is 21.3 Å². The van der Waals surface area contributed by atoms with Crippen LogP contribution in [-0.2, 0) is 24.0 Å². The molecule has 1 heterocycles. The van der Waals surface area contributed by atoms with Crippen LogP contribution >= 0.6 is 11.6 Å². The Hall–Kier alpha value is -3.27. The molecule has 1 saturated heterocycles. The Balaban J connectivity index is 1.70. The quantitative estimate of drug-likeness (QED) is 0.245. The highest BCUT2D eigenvalue weighted by atomic mass is 35.5. The number of benzene rings is 1. The van der Waals surface area contributed by atoms with E-state index in [-0.39, 0.29) is 35.4 Å². The van der Waals surface area contributed by atoms with Crippen LogP contribution in [0.5, 0.6) is 0 Å². The summed E-state index contributed by atoms with van der Waals surface area (Å²) in [5.41, 5.74) is 0.153. The minimum absolute atomic E-state index is 0.0205. The molecule has 0 bridgehead atoms. The fourth-order valence-electron chi connectivity index (χ4n) is 4.00. The van der Waals surface area contributed by atoms with Crippen LogP contribution in [0.15, 0.2) is 24.3 Å². The Morgan fingerprint density at radius 2 is 1.89 bits per heavy atom. The first kappa shape index (κ1) is 27.3. The van der Waals surface area contributed by atoms with Crippen LogP contribution in [-0.4, -0.2) is 54.6 Å². The van der Waals surface area contributed by atoms with E-state index >= 15 is 0 Å². The van der Waals surface area contributed by atoms with Crippen LogP contribution in [0.25, 0.3) is 6.08 Å². The molecule has 9 nitrogen and oxygen atoms in total. The number of likely N-dealkylation sites (N-methyl/N-ethyl adjacent to an activating group) is 1. The monoisotopic (exact) mass is 520 g/mol. The third-order valence-electron chi connectivity index (χ3n) is 6.15. The highest BCUT2D eigenvalue weighted by Gasteiger charge is 2.36. The van der Waals surface area contributed by atoms with E-state index in [2.05, 4.69) is 21.3 Å². The van der Waals surface area contributed by atoms with Crippen LogP contribution in [0.1, 0.15) is 44.6 Å². The molecule has 194 valence electrons. The summed E-state index contributed by atoms with van der Waals surface area (Å²) in [5.74, 6) is -4.04. The van der Waals surface area contributed by atoms with Gasteiger partial charge in [-0.15, -0.1) is 0 Å². The van der Waals surface area contributed by atoms with Gasteiger partial charge in [0.25, 0.3) is 5.91 Å². The predicted octanol–water partition coefficient (Wildman–Crippen LogP) is 1.49. The van der Waals surface area contributed by atoms with Gasteiger partial charge >= 0.3 is 0 Å². The second kappa shape index (κ2) is 12.6. The molecule has 4 amide bonds. The molecule has 3 atom stereocenters. The van der Waals surface area contributed by atoms with E-state index in [0.717, 1.165) is 25.0 Å². The van der Waals surface area contributed by atoms with Gasteiger partial charge in [-0.25, -0.2) is 4.39 Å². The van der Waals surface area contributed by atoms with Gasteiger partial charge in [-0.1, -0.05) is 30.5 Å². The molecule has 0 spiro atoms. The number of nitrogens with one attached hydrogen (secondary N) is 4. The average molecular weight is 521 g/mol. The molecule has 1 aromatic rings. The Labute approximate surface area is 213 Å². The molecule has 3 unspecified atom stereocenters. The summed E-state index contributed by atoms with van der Waals surface area (Å²) in [5, 5.41) is 10.5. The lowest BCUT2D eigenvalue weighted by atomic mass is 9.95. The molecule has 4 N–H and O–H groups in total. The number of carbonyl (C=O) groups excluding carboxylic acids is 5. The summed E-state index contributed by atoms with van der Waals surface area (Å²) in [6, 6.07) is 1.86. The van der Waals surface area contributed by atoms with Crippen LogP contribution in [0.2, 0.25) is 5.02 Å². The standard InChI is InChI=1S/C25H30ClFN4O5/c1-2-28-25(36)22(33)19(12-16-9-10-29-23(16)34)31-24(35)20(11-14-3-4-14)30-21(32)8-6-15-5-7-17(26)13-18(15)27/h5-8,13-14,16,19-20H,2-4,9-12H2,1H3,(H,28,36)(H,29,34)(H,30,32)(H,31,35)/b8-6+. The van der Waals surface area contributed by atoms with Crippen molar-refractivity contribution in [1.29, 1.82) is 0 Å². The van der Waals surface area contributed by atoms with Crippen molar-refractivity contribution in [3.05, 3.63) is 40.7 Å². The van der Waals surface area contributed by atoms with Gasteiger partial charge in [-0.2, -0.15) is 0 Å². The van der Waals surface area contributed by atoms with Crippen LogP contribution in [0.4, 0.5) is 4.39 Å². The molecular weight excluding hydrogens is 491 g/mol. The van der Waals surface area contributed by atoms with Gasteiger partial charge in [0.2, 0.25) is 23.5 Å². The number of carbonyl (C=O) groups is 5. The molecule has 2 aliphatic rings. The number of Topliss-reactive ketones (excluding diaryl/α,β-unsaturated/α-hetero) is 1. The van der Waals surface area contributed by atoms with Crippen molar-refractivity contribution in [1.82, 2.24) is 21.3 Å². The SMILES string of the molecule is CCNC(=O)C(=O)C(CC1CCNC1=O)NC(=O)C(CC1CC1)NC(=O)/C=C/c1ccc(Cl)cc1F. The largest absolute Gasteiger partial charge is 0.356 e. The Bertz CT molecular complexity index is 1060. The molecule has 0 aromatic heterocycles. The number of halogens is 2. The predicted molar refractivity (Wildman–Crippen MR) is 131 cm³/mol. The molecule has 36 heavy (non-hydrogen) atoms. The van der Waals surface area contributed by atoms with Gasteiger partial charge in [0.1, 0.15) is 11.9 Å². The second-order valence-corrected chi connectivity index (χ2v) is 9.47. The van der Waals surface area contributed by atoms with Gasteiger partial charge < -0.3 is 21.3 Å². The summed E-state index contributed by atoms with van der Waals surface area (Å²) in [6.07, 6.45) is 5.03. The summed E-state index contributed by atoms with van der Waals surface area (Å²) in [6.45, 7) is 2.35. The van der Waals surface area contributed by atoms with Crippen molar-refractivity contribution in [2.45, 2.75) is 51.1 Å². The molecule has 1 aliphatic carbocycles. The van der Waals surface area contributed by atoms with Crippen molar-refractivity contribution >= 4 is 47.1 Å². The highest BCUT2D eigenvalue weighted by molar-refractivity contribution is 6.38. The van der Waals surface area contributed by atoms with Crippen LogP contribution in [0, 0.1) is 17.7 Å². The van der Waals surface area contributed by atoms with Crippen molar-refractivity contribution in [3.8, 4) is 0 Å². The summed E-state index contributed by atoms with van der Waals surface area (Å²) in [7, 11) is 0. The third-order valence-corrected chi connectivity index (χ3v) is 6.39. The van der Waals surface area contributed by atoms with Crippen molar-refractivity contribution in [3.63, 3.8) is 0 Å². The van der Waals surface area contributed by atoms with Crippen molar-refractivity contribution < 1.29 is 28.4 Å². The van der Waals surface area contributed by atoms with E-state index in [4.69, 9.17) is 11.6 Å². The minimum Gasteiger partial charge on any atom is -0.356 e. The zero-order chi connectivity index (χ0) is 26.2. The lowest BCUT2D eigenvalue weighted by molar-refractivity contribution is -0.141. The second-order valence-electron chi connectivity index (χ2n) is 9.04. The molecule has 1 aliphatic heterocycles. The lowest BCUT2D eigenvalue weighted by Gasteiger charge is -2.23. The maximum atomic E-state index is 14.0. The van der Waals surface area contributed by atoms with Gasteiger partial charge in [-0.3, -0.25) is 24.0 Å². The van der Waals surface area contributed by atoms with Gasteiger partial charge in [0.05, 0.1) is 6.04 Å². The first-order chi connectivity index (χ1) is 17.2. The first-order valence-electron chi connectivity index (χ1n) is 12.0. The van der Waals surface area contributed by atoms with Gasteiger partial charge in [0, 0.05) is 35.7 Å². The minimum atomic E-state index is -1.21. The van der Waals surface area contributed by atoms with E-state index in [1.165, 1.54) is 18.2 Å². The lowest BCUT2D eigenvalue weighted by Crippen LogP contribution is -2.54. The van der Waals surface area contributed by atoms with E-state index in [1.807, 2.05) is 0 Å². The topological polar surface area (TPSA) is 133 Å². The Morgan fingerprint density at radius 3 is 2.50 bits per heavy atom. The smallest absolute Gasteiger partial charge is 0.289 e. The normalized spacial score (nSPS) is 18.9. The molecule has 0 radical (unpaired) electrons. The number of amides is 4. The molecule has 1 saturated carbocycles. The fourth-order valence-corrected chi connectivity index (χ4v) is 4.16. The number of ketones is 1. The zero-order valence-corrected chi connectivity index (χ0v) is 20.7. The van der Waals surface area contributed by atoms with E-state index < -0.39 is 47.3 Å². The highest BCUT2D eigenvalue weighted by Crippen LogP contribution is 2.33. The fraction of sp³-hybridized carbons (Fsp3) is 0.480. The molecule has 1 aromatic carbocycles. The molecular formula is C25H30ClFN4O5. The maximum Gasteiger partial charge on any atom is 0.289 e. The third kappa shape index (κ3) is 7.87. The summed E-state index contributed by atoms with van der Waals surface area (Å²) in [4.78, 5) is 62.7. The Kier molecular flexibility index (Phi) is 9.58. The van der Waals surface area contributed by atoms with Gasteiger partial charge in [0.15, 0.2) is 0 Å². The molecule has 2 fully saturated rings. The number of rotatable bonds is 12. The summed E-state index contributed by atoms with van der Waals surface area (Å²) >= 11 is 5.74. The maximum absolute atomic E-state index is 14.0. The van der Waals surface area contributed by atoms with Crippen molar-refractivity contribution in [2.75, 3.05) is 13.1 Å². The zero-order valence-electron chi connectivity index (χ0n) is 19.9. The molecule has 11 heteroatoms. The average Bonchev–Trinajstić information content (AvgIpc) is 3.56. The molecule has 3 rings (SSSR count). The van der Waals surface area contributed by atoms with Gasteiger partial charge in [-0.05, 0) is 50.3 Å².